The van der Waals surface area contributed by atoms with Crippen molar-refractivity contribution in [2.24, 2.45) is 0 Å². The van der Waals surface area contributed by atoms with Crippen LogP contribution in [0.1, 0.15) is 34.7 Å². The van der Waals surface area contributed by atoms with Gasteiger partial charge in [0.1, 0.15) is 5.82 Å². The third-order valence-electron chi connectivity index (χ3n) is 5.15. The van der Waals surface area contributed by atoms with E-state index >= 15 is 0 Å². The minimum absolute atomic E-state index is 0.00863. The molecule has 1 N–H and O–H groups in total. The summed E-state index contributed by atoms with van der Waals surface area (Å²) in [6, 6.07) is 9.88. The zero-order chi connectivity index (χ0) is 21.1. The minimum Gasteiger partial charge on any atom is -0.351 e. The summed E-state index contributed by atoms with van der Waals surface area (Å²) in [6.07, 6.45) is 5.15. The molecular weight excluding hydrogens is 398 g/mol. The molecule has 1 amide bonds. The average molecular weight is 422 g/mol. The Labute approximate surface area is 178 Å². The second-order valence-corrected chi connectivity index (χ2v) is 8.29. The predicted octanol–water partition coefficient (Wildman–Crippen LogP) is 3.20. The van der Waals surface area contributed by atoms with E-state index in [1.165, 1.54) is 5.56 Å². The molecule has 0 saturated heterocycles. The quantitative estimate of drug-likeness (QED) is 0.497. The van der Waals surface area contributed by atoms with Crippen LogP contribution in [0.15, 0.2) is 52.9 Å². The van der Waals surface area contributed by atoms with Crippen LogP contribution >= 0.6 is 11.3 Å². The molecule has 3 aromatic heterocycles. The molecule has 0 spiro atoms. The maximum absolute atomic E-state index is 12.9. The average Bonchev–Trinajstić information content (AvgIpc) is 3.39. The second kappa shape index (κ2) is 8.62. The first-order valence-corrected chi connectivity index (χ1v) is 10.7. The number of benzene rings is 1. The van der Waals surface area contributed by atoms with Crippen molar-refractivity contribution in [1.82, 2.24) is 24.5 Å². The number of amides is 1. The van der Waals surface area contributed by atoms with Crippen molar-refractivity contribution < 1.29 is 4.79 Å². The van der Waals surface area contributed by atoms with Crippen molar-refractivity contribution >= 4 is 22.9 Å². The van der Waals surface area contributed by atoms with Gasteiger partial charge in [0.15, 0.2) is 0 Å². The van der Waals surface area contributed by atoms with Gasteiger partial charge in [0.25, 0.3) is 0 Å². The molecule has 8 heteroatoms. The molecule has 4 rings (SSSR count). The zero-order valence-corrected chi connectivity index (χ0v) is 17.8. The highest BCUT2D eigenvalue weighted by atomic mass is 32.1. The first-order chi connectivity index (χ1) is 14.5. The number of nitrogens with zero attached hydrogens (tertiary/aromatic N) is 4. The normalized spacial score (nSPS) is 11.1. The van der Waals surface area contributed by atoms with Crippen LogP contribution in [0, 0.1) is 13.8 Å². The van der Waals surface area contributed by atoms with Crippen LogP contribution in [-0.2, 0) is 17.8 Å². The van der Waals surface area contributed by atoms with E-state index in [2.05, 4.69) is 15.5 Å². The molecule has 0 aliphatic heterocycles. The van der Waals surface area contributed by atoms with Crippen molar-refractivity contribution in [1.29, 1.82) is 0 Å². The lowest BCUT2D eigenvalue weighted by molar-refractivity contribution is -0.121. The minimum atomic E-state index is -0.215. The molecule has 0 aliphatic carbocycles. The Bertz CT molecular complexity index is 1240. The van der Waals surface area contributed by atoms with Gasteiger partial charge in [0.05, 0.1) is 6.54 Å². The summed E-state index contributed by atoms with van der Waals surface area (Å²) in [5.41, 5.74) is 3.18. The molecule has 0 aliphatic rings. The second-order valence-electron chi connectivity index (χ2n) is 7.26. The van der Waals surface area contributed by atoms with Gasteiger partial charge in [0, 0.05) is 35.8 Å². The largest absolute Gasteiger partial charge is 0.351 e. The molecule has 0 radical (unpaired) electrons. The number of hydrogen-bond acceptors (Lipinski definition) is 5. The smallest absolute Gasteiger partial charge is 0.300 e. The van der Waals surface area contributed by atoms with Crippen molar-refractivity contribution in [3.05, 3.63) is 80.3 Å². The number of nitrogens with one attached hydrogen (secondary N) is 1. The number of carbonyl (C=O) groups excluding carboxylic acids is 1. The standard InChI is InChI=1S/C22H23N5O2S/c1-15-8-9-17(13-16(15)2)26-10-11-27-19(24-25-21(27)22(26)29)6-3-7-20(28)23-14-18-5-4-12-30-18/h4-5,8-13H,3,6-7,14H2,1-2H3,(H,23,28). The highest BCUT2D eigenvalue weighted by molar-refractivity contribution is 7.09. The number of hydrogen-bond donors (Lipinski definition) is 1. The zero-order valence-electron chi connectivity index (χ0n) is 17.0. The molecule has 0 saturated carbocycles. The van der Waals surface area contributed by atoms with Gasteiger partial charge in [-0.25, -0.2) is 0 Å². The Balaban J connectivity index is 1.43. The predicted molar refractivity (Wildman–Crippen MR) is 117 cm³/mol. The maximum atomic E-state index is 12.9. The van der Waals surface area contributed by atoms with Crippen molar-refractivity contribution in [3.63, 3.8) is 0 Å². The molecule has 0 unspecified atom stereocenters. The molecule has 0 fully saturated rings. The van der Waals surface area contributed by atoms with Gasteiger partial charge >= 0.3 is 5.56 Å². The fourth-order valence-corrected chi connectivity index (χ4v) is 3.92. The summed E-state index contributed by atoms with van der Waals surface area (Å²) < 4.78 is 3.29. The van der Waals surface area contributed by atoms with E-state index in [-0.39, 0.29) is 17.1 Å². The Morgan fingerprint density at radius 1 is 1.13 bits per heavy atom. The molecule has 154 valence electrons. The maximum Gasteiger partial charge on any atom is 0.300 e. The highest BCUT2D eigenvalue weighted by Crippen LogP contribution is 2.13. The lowest BCUT2D eigenvalue weighted by Gasteiger charge is -2.09. The number of aromatic nitrogens is 4. The van der Waals surface area contributed by atoms with Crippen LogP contribution in [0.3, 0.4) is 0 Å². The number of aryl methyl sites for hydroxylation is 3. The molecule has 30 heavy (non-hydrogen) atoms. The van der Waals surface area contributed by atoms with Gasteiger partial charge in [-0.2, -0.15) is 0 Å². The highest BCUT2D eigenvalue weighted by Gasteiger charge is 2.12. The lowest BCUT2D eigenvalue weighted by Crippen LogP contribution is -2.22. The van der Waals surface area contributed by atoms with Crippen molar-refractivity contribution in [2.75, 3.05) is 0 Å². The number of rotatable bonds is 7. The van der Waals surface area contributed by atoms with Crippen molar-refractivity contribution in [2.45, 2.75) is 39.7 Å². The fraction of sp³-hybridized carbons (Fsp3) is 0.273. The summed E-state index contributed by atoms with van der Waals surface area (Å²) >= 11 is 1.62. The van der Waals surface area contributed by atoms with Gasteiger partial charge in [0.2, 0.25) is 11.6 Å². The summed E-state index contributed by atoms with van der Waals surface area (Å²) in [5, 5.41) is 13.2. The lowest BCUT2D eigenvalue weighted by atomic mass is 10.1. The molecule has 1 aromatic carbocycles. The van der Waals surface area contributed by atoms with E-state index in [1.807, 2.05) is 49.6 Å². The summed E-state index contributed by atoms with van der Waals surface area (Å²) in [7, 11) is 0. The van der Waals surface area contributed by atoms with Gasteiger partial charge in [-0.3, -0.25) is 18.6 Å². The third-order valence-corrected chi connectivity index (χ3v) is 6.03. The SMILES string of the molecule is Cc1ccc(-n2ccn3c(CCCC(=O)NCc4cccs4)nnc3c2=O)cc1C. The molecule has 4 aromatic rings. The Morgan fingerprint density at radius 3 is 2.77 bits per heavy atom. The van der Waals surface area contributed by atoms with Gasteiger partial charge in [-0.05, 0) is 55.0 Å². The van der Waals surface area contributed by atoms with Crippen LogP contribution in [-0.4, -0.2) is 25.1 Å². The first-order valence-electron chi connectivity index (χ1n) is 9.85. The first kappa shape index (κ1) is 20.0. The summed E-state index contributed by atoms with van der Waals surface area (Å²) in [5.74, 6) is 0.690. The Kier molecular flexibility index (Phi) is 5.76. The topological polar surface area (TPSA) is 81.3 Å². The summed E-state index contributed by atoms with van der Waals surface area (Å²) in [6.45, 7) is 4.62. The Hall–Kier alpha value is -3.26. The fourth-order valence-electron chi connectivity index (χ4n) is 3.28. The van der Waals surface area contributed by atoms with E-state index in [9.17, 15) is 9.59 Å². The van der Waals surface area contributed by atoms with Crippen molar-refractivity contribution in [3.8, 4) is 5.69 Å². The Morgan fingerprint density at radius 2 is 2.00 bits per heavy atom. The van der Waals surface area contributed by atoms with Gasteiger partial charge in [-0.15, -0.1) is 21.5 Å². The van der Waals surface area contributed by atoms with E-state index in [0.717, 1.165) is 16.1 Å². The number of thiophene rings is 1. The van der Waals surface area contributed by atoms with E-state index in [0.29, 0.717) is 31.6 Å². The van der Waals surface area contributed by atoms with Crippen LogP contribution in [0.25, 0.3) is 11.3 Å². The summed E-state index contributed by atoms with van der Waals surface area (Å²) in [4.78, 5) is 26.1. The van der Waals surface area contributed by atoms with Gasteiger partial charge in [-0.1, -0.05) is 12.1 Å². The van der Waals surface area contributed by atoms with E-state index in [1.54, 1.807) is 32.7 Å². The van der Waals surface area contributed by atoms with Crippen LogP contribution in [0.4, 0.5) is 0 Å². The van der Waals surface area contributed by atoms with E-state index in [4.69, 9.17) is 0 Å². The molecular formula is C22H23N5O2S. The molecule has 0 bridgehead atoms. The number of carbonyl (C=O) groups is 1. The van der Waals surface area contributed by atoms with Crippen LogP contribution < -0.4 is 10.9 Å². The van der Waals surface area contributed by atoms with Crippen LogP contribution in [0.2, 0.25) is 0 Å². The monoisotopic (exact) mass is 421 g/mol. The molecule has 3 heterocycles. The molecule has 7 nitrogen and oxygen atoms in total. The third kappa shape index (κ3) is 4.18. The van der Waals surface area contributed by atoms with Crippen LogP contribution in [0.5, 0.6) is 0 Å². The molecule has 0 atom stereocenters. The van der Waals surface area contributed by atoms with Gasteiger partial charge < -0.3 is 5.32 Å². The van der Waals surface area contributed by atoms with E-state index < -0.39 is 0 Å². The number of fused-ring (bicyclic) bond motifs is 1.